The molecule has 13 heavy (non-hydrogen) atoms. The molecule has 0 saturated heterocycles. The molecule has 0 spiro atoms. The predicted molar refractivity (Wildman–Crippen MR) is 49.9 cm³/mol. The molecule has 0 unspecified atom stereocenters. The van der Waals surface area contributed by atoms with Crippen LogP contribution >= 0.6 is 0 Å². The Kier molecular flexibility index (Phi) is 4.40. The maximum Gasteiger partial charge on any atom is 0.140 e. The Morgan fingerprint density at radius 3 is 2.38 bits per heavy atom. The third-order valence-corrected chi connectivity index (χ3v) is 2.47. The summed E-state index contributed by atoms with van der Waals surface area (Å²) in [5.74, 6) is 2.19. The molecule has 0 aliphatic rings. The Morgan fingerprint density at radius 1 is 1.46 bits per heavy atom. The van der Waals surface area contributed by atoms with Crippen molar-refractivity contribution in [2.24, 2.45) is 0 Å². The molecule has 0 atom stereocenters. The van der Waals surface area contributed by atoms with Crippen LogP contribution in [0.2, 0.25) is 0 Å². The lowest BCUT2D eigenvalue weighted by Crippen LogP contribution is -2.41. The van der Waals surface area contributed by atoms with Crippen LogP contribution in [-0.4, -0.2) is 50.4 Å². The molecule has 0 aromatic rings. The lowest BCUT2D eigenvalue weighted by molar-refractivity contribution is -0.883. The Morgan fingerprint density at radius 2 is 2.00 bits per heavy atom. The van der Waals surface area contributed by atoms with Gasteiger partial charge in [0.2, 0.25) is 0 Å². The monoisotopic (exact) mass is 205 g/mol. The van der Waals surface area contributed by atoms with Crippen LogP contribution in [0, 0.1) is 12.3 Å². The molecule has 0 aliphatic heterocycles. The molecular weight excluding hydrogens is 190 g/mol. The van der Waals surface area contributed by atoms with E-state index in [2.05, 4.69) is 5.92 Å². The highest BCUT2D eigenvalue weighted by Crippen LogP contribution is 1.99. The minimum Gasteiger partial charge on any atom is -0.748 e. The molecule has 0 saturated carbocycles. The molecule has 0 bridgehead atoms. The Balaban J connectivity index is 3.84. The van der Waals surface area contributed by atoms with Gasteiger partial charge in [0.25, 0.3) is 0 Å². The van der Waals surface area contributed by atoms with Gasteiger partial charge in [-0.15, -0.1) is 6.42 Å². The van der Waals surface area contributed by atoms with Crippen molar-refractivity contribution in [3.8, 4) is 12.3 Å². The molecule has 0 N–H and O–H groups in total. The van der Waals surface area contributed by atoms with E-state index in [1.165, 1.54) is 0 Å². The van der Waals surface area contributed by atoms with Crippen molar-refractivity contribution in [2.45, 2.75) is 6.42 Å². The molecule has 0 aliphatic carbocycles. The van der Waals surface area contributed by atoms with Crippen molar-refractivity contribution in [3.05, 3.63) is 0 Å². The van der Waals surface area contributed by atoms with Crippen LogP contribution in [-0.2, 0) is 10.1 Å². The maximum absolute atomic E-state index is 10.3. The van der Waals surface area contributed by atoms with Crippen LogP contribution in [0.1, 0.15) is 6.42 Å². The Bertz CT molecular complexity index is 287. The van der Waals surface area contributed by atoms with Gasteiger partial charge >= 0.3 is 0 Å². The van der Waals surface area contributed by atoms with Crippen LogP contribution < -0.4 is 0 Å². The molecular formula is C8H15NO3S. The zero-order valence-electron chi connectivity index (χ0n) is 7.99. The van der Waals surface area contributed by atoms with E-state index in [4.69, 9.17) is 6.42 Å². The van der Waals surface area contributed by atoms with Crippen molar-refractivity contribution >= 4 is 10.1 Å². The van der Waals surface area contributed by atoms with E-state index < -0.39 is 10.1 Å². The van der Waals surface area contributed by atoms with Crippen LogP contribution in [0.3, 0.4) is 0 Å². The standard InChI is InChI=1S/C8H15NO3S/c1-4-6-9(2,3)7-5-8-13(10,11)12/h1H,5-8H2,2-3H3. The summed E-state index contributed by atoms with van der Waals surface area (Å²) in [6, 6.07) is 0. The first-order valence-electron chi connectivity index (χ1n) is 3.96. The summed E-state index contributed by atoms with van der Waals surface area (Å²) in [5, 5.41) is 0. The highest BCUT2D eigenvalue weighted by Gasteiger charge is 2.12. The number of hydrogen-bond donors (Lipinski definition) is 0. The summed E-state index contributed by atoms with van der Waals surface area (Å²) in [4.78, 5) is 0. The Hall–Kier alpha value is -0.570. The fourth-order valence-electron chi connectivity index (χ4n) is 0.996. The highest BCUT2D eigenvalue weighted by molar-refractivity contribution is 7.85. The van der Waals surface area contributed by atoms with Gasteiger partial charge < -0.3 is 9.04 Å². The van der Waals surface area contributed by atoms with Crippen LogP contribution in [0.25, 0.3) is 0 Å². The SMILES string of the molecule is C#CC[N+](C)(C)CCCS(=O)(=O)[O-]. The number of nitrogens with zero attached hydrogens (tertiary/aromatic N) is 1. The van der Waals surface area contributed by atoms with Gasteiger partial charge in [-0.1, -0.05) is 0 Å². The zero-order chi connectivity index (χ0) is 10.5. The predicted octanol–water partition coefficient (Wildman–Crippen LogP) is -0.369. The minimum absolute atomic E-state index is 0.306. The summed E-state index contributed by atoms with van der Waals surface area (Å²) in [6.45, 7) is 1.14. The first kappa shape index (κ1) is 12.4. The molecule has 4 nitrogen and oxygen atoms in total. The first-order chi connectivity index (χ1) is 5.77. The van der Waals surface area contributed by atoms with Crippen LogP contribution in [0.15, 0.2) is 0 Å². The first-order valence-corrected chi connectivity index (χ1v) is 5.54. The second-order valence-electron chi connectivity index (χ2n) is 3.64. The Labute approximate surface area is 79.9 Å². The van der Waals surface area contributed by atoms with E-state index >= 15 is 0 Å². The van der Waals surface area contributed by atoms with Crippen LogP contribution in [0.4, 0.5) is 0 Å². The van der Waals surface area contributed by atoms with Crippen molar-refractivity contribution in [1.29, 1.82) is 0 Å². The topological polar surface area (TPSA) is 57.2 Å². The molecule has 76 valence electrons. The molecule has 0 heterocycles. The molecule has 0 aromatic heterocycles. The zero-order valence-corrected chi connectivity index (χ0v) is 8.80. The average molecular weight is 205 g/mol. The van der Waals surface area contributed by atoms with Crippen molar-refractivity contribution < 1.29 is 17.5 Å². The fourth-order valence-corrected chi connectivity index (χ4v) is 1.48. The second kappa shape index (κ2) is 4.61. The lowest BCUT2D eigenvalue weighted by Gasteiger charge is -2.27. The highest BCUT2D eigenvalue weighted by atomic mass is 32.2. The van der Waals surface area contributed by atoms with E-state index in [1.54, 1.807) is 0 Å². The molecule has 0 radical (unpaired) electrons. The molecule has 0 amide bonds. The van der Waals surface area contributed by atoms with E-state index in [0.29, 0.717) is 24.0 Å². The van der Waals surface area contributed by atoms with Crippen molar-refractivity contribution in [3.63, 3.8) is 0 Å². The van der Waals surface area contributed by atoms with Gasteiger partial charge in [-0.05, 0) is 5.92 Å². The number of hydrogen-bond acceptors (Lipinski definition) is 3. The summed E-state index contributed by atoms with van der Waals surface area (Å²) in [7, 11) is -0.273. The smallest absolute Gasteiger partial charge is 0.140 e. The van der Waals surface area contributed by atoms with E-state index in [9.17, 15) is 13.0 Å². The van der Waals surface area contributed by atoms with Gasteiger partial charge in [-0.3, -0.25) is 0 Å². The van der Waals surface area contributed by atoms with Gasteiger partial charge in [0.05, 0.1) is 30.8 Å². The summed E-state index contributed by atoms with van der Waals surface area (Å²) >= 11 is 0. The summed E-state index contributed by atoms with van der Waals surface area (Å²) < 4.78 is 31.4. The van der Waals surface area contributed by atoms with Gasteiger partial charge in [0.15, 0.2) is 0 Å². The third-order valence-electron chi connectivity index (χ3n) is 1.68. The average Bonchev–Trinajstić information content (AvgIpc) is 1.82. The van der Waals surface area contributed by atoms with Gasteiger partial charge in [0, 0.05) is 12.2 Å². The van der Waals surface area contributed by atoms with Gasteiger partial charge in [-0.2, -0.15) is 0 Å². The van der Waals surface area contributed by atoms with Gasteiger partial charge in [0.1, 0.15) is 6.54 Å². The molecule has 0 aromatic carbocycles. The quantitative estimate of drug-likeness (QED) is 0.349. The number of rotatable bonds is 5. The largest absolute Gasteiger partial charge is 0.748 e. The van der Waals surface area contributed by atoms with E-state index in [0.717, 1.165) is 0 Å². The third kappa shape index (κ3) is 7.78. The second-order valence-corrected chi connectivity index (χ2v) is 5.16. The molecule has 0 fully saturated rings. The molecule has 0 rings (SSSR count). The number of terminal acetylenes is 1. The maximum atomic E-state index is 10.3. The van der Waals surface area contributed by atoms with Crippen molar-refractivity contribution in [1.82, 2.24) is 0 Å². The molecule has 5 heteroatoms. The van der Waals surface area contributed by atoms with Crippen LogP contribution in [0.5, 0.6) is 0 Å². The van der Waals surface area contributed by atoms with E-state index in [1.807, 2.05) is 14.1 Å². The van der Waals surface area contributed by atoms with Crippen molar-refractivity contribution in [2.75, 3.05) is 32.9 Å². The normalized spacial score (nSPS) is 12.5. The fraction of sp³-hybridized carbons (Fsp3) is 0.750. The summed E-state index contributed by atoms with van der Waals surface area (Å²) in [6.07, 6.45) is 5.49. The number of quaternary nitrogens is 1. The lowest BCUT2D eigenvalue weighted by atomic mass is 10.4. The van der Waals surface area contributed by atoms with Gasteiger partial charge in [-0.25, -0.2) is 8.42 Å². The van der Waals surface area contributed by atoms with E-state index in [-0.39, 0.29) is 5.75 Å². The summed E-state index contributed by atoms with van der Waals surface area (Å²) in [5.41, 5.74) is 0. The minimum atomic E-state index is -4.07.